The fraction of sp³-hybridized carbons (Fsp3) is 0.875. The summed E-state index contributed by atoms with van der Waals surface area (Å²) in [6.45, 7) is 0. The van der Waals surface area contributed by atoms with Crippen LogP contribution in [0.4, 0.5) is 0 Å². The molecule has 0 aliphatic rings. The Kier molecular flexibility index (Phi) is 11.4. The van der Waals surface area contributed by atoms with Gasteiger partial charge in [0.05, 0.1) is 10.1 Å². The van der Waals surface area contributed by atoms with E-state index in [0.717, 1.165) is 12.8 Å². The Labute approximate surface area is 112 Å². The van der Waals surface area contributed by atoms with Crippen LogP contribution in [0.2, 0.25) is 0 Å². The molecule has 0 saturated carbocycles. The Bertz CT molecular complexity index is 262. The molecule has 0 aliphatic heterocycles. The molecule has 0 fully saturated rings. The van der Waals surface area contributed by atoms with Crippen LogP contribution in [0, 0.1) is 0 Å². The summed E-state index contributed by atoms with van der Waals surface area (Å²) in [5.41, 5.74) is 0. The van der Waals surface area contributed by atoms with Gasteiger partial charge in [-0.1, -0.05) is 19.3 Å². The predicted molar refractivity (Wildman–Crippen MR) is 49.9 cm³/mol. The third-order valence-electron chi connectivity index (χ3n) is 1.78. The summed E-state index contributed by atoms with van der Waals surface area (Å²) in [4.78, 5) is 10.1. The molecule has 7 heteroatoms. The van der Waals surface area contributed by atoms with Crippen LogP contribution in [-0.2, 0) is 14.9 Å². The molecule has 0 rings (SSSR count). The molecule has 15 heavy (non-hydrogen) atoms. The molecule has 0 aromatic carbocycles. The minimum atomic E-state index is -4.07. The van der Waals surface area contributed by atoms with E-state index in [1.165, 1.54) is 0 Å². The van der Waals surface area contributed by atoms with Gasteiger partial charge >= 0.3 is 35.5 Å². The first-order valence-electron chi connectivity index (χ1n) is 4.57. The summed E-state index contributed by atoms with van der Waals surface area (Å²) in [5, 5.41) is 8.30. The van der Waals surface area contributed by atoms with Crippen molar-refractivity contribution in [1.82, 2.24) is 0 Å². The first-order chi connectivity index (χ1) is 6.42. The van der Waals surface area contributed by atoms with Gasteiger partial charge in [-0.25, -0.2) is 8.42 Å². The molecular formula is C8H15NaO5S. The molecule has 0 aromatic heterocycles. The van der Waals surface area contributed by atoms with Gasteiger partial charge in [-0.05, 0) is 12.8 Å². The molecule has 5 nitrogen and oxygen atoms in total. The first kappa shape index (κ1) is 17.8. The van der Waals surface area contributed by atoms with Crippen molar-refractivity contribution in [2.45, 2.75) is 38.5 Å². The first-order valence-corrected chi connectivity index (χ1v) is 6.15. The smallest absolute Gasteiger partial charge is 0.748 e. The van der Waals surface area contributed by atoms with Crippen LogP contribution in [0.25, 0.3) is 0 Å². The number of rotatable bonds is 8. The maximum absolute atomic E-state index is 10.2. The standard InChI is InChI=1S/C8H16O5S.Na/c9-8(10)6-4-2-1-3-5-7-14(11,12)13;/h1-7H2,(H,9,10)(H,11,12,13);/q;+1/p-1. The Morgan fingerprint density at radius 3 is 2.00 bits per heavy atom. The van der Waals surface area contributed by atoms with Gasteiger partial charge in [-0.15, -0.1) is 0 Å². The van der Waals surface area contributed by atoms with Gasteiger partial charge in [0.2, 0.25) is 0 Å². The van der Waals surface area contributed by atoms with Crippen molar-refractivity contribution in [3.8, 4) is 0 Å². The Morgan fingerprint density at radius 2 is 1.53 bits per heavy atom. The van der Waals surface area contributed by atoms with Crippen LogP contribution < -0.4 is 29.6 Å². The molecule has 0 spiro atoms. The van der Waals surface area contributed by atoms with E-state index in [9.17, 15) is 17.8 Å². The van der Waals surface area contributed by atoms with E-state index in [1.54, 1.807) is 0 Å². The van der Waals surface area contributed by atoms with Crippen molar-refractivity contribution in [2.24, 2.45) is 0 Å². The fourth-order valence-corrected chi connectivity index (χ4v) is 1.64. The second-order valence-corrected chi connectivity index (χ2v) is 4.70. The van der Waals surface area contributed by atoms with E-state index in [-0.39, 0.29) is 41.7 Å². The monoisotopic (exact) mass is 246 g/mol. The molecule has 1 N–H and O–H groups in total. The van der Waals surface area contributed by atoms with E-state index in [1.807, 2.05) is 0 Å². The second-order valence-electron chi connectivity index (χ2n) is 3.17. The molecule has 84 valence electrons. The van der Waals surface area contributed by atoms with Crippen LogP contribution in [0.15, 0.2) is 0 Å². The largest absolute Gasteiger partial charge is 1.00 e. The van der Waals surface area contributed by atoms with Gasteiger partial charge in [-0.2, -0.15) is 0 Å². The van der Waals surface area contributed by atoms with Gasteiger partial charge in [0.15, 0.2) is 0 Å². The summed E-state index contributed by atoms with van der Waals surface area (Å²) < 4.78 is 30.5. The summed E-state index contributed by atoms with van der Waals surface area (Å²) in [6.07, 6.45) is 3.35. The number of hydrogen-bond acceptors (Lipinski definition) is 4. The van der Waals surface area contributed by atoms with Gasteiger partial charge in [-0.3, -0.25) is 4.79 Å². The minimum Gasteiger partial charge on any atom is -0.748 e. The molecule has 0 saturated heterocycles. The van der Waals surface area contributed by atoms with Gasteiger partial charge in [0.1, 0.15) is 0 Å². The molecule has 0 heterocycles. The fourth-order valence-electron chi connectivity index (χ4n) is 1.09. The summed E-state index contributed by atoms with van der Waals surface area (Å²) in [6, 6.07) is 0. The van der Waals surface area contributed by atoms with Crippen molar-refractivity contribution >= 4 is 16.1 Å². The van der Waals surface area contributed by atoms with Crippen LogP contribution in [0.3, 0.4) is 0 Å². The van der Waals surface area contributed by atoms with Gasteiger partial charge in [0.25, 0.3) is 0 Å². The van der Waals surface area contributed by atoms with E-state index in [0.29, 0.717) is 19.3 Å². The quantitative estimate of drug-likeness (QED) is 0.302. The molecule has 0 aromatic rings. The third-order valence-corrected chi connectivity index (χ3v) is 2.57. The number of aliphatic carboxylic acids is 1. The topological polar surface area (TPSA) is 94.5 Å². The summed E-state index contributed by atoms with van der Waals surface area (Å²) >= 11 is 0. The zero-order valence-corrected chi connectivity index (χ0v) is 11.8. The molecule has 0 bridgehead atoms. The van der Waals surface area contributed by atoms with E-state index < -0.39 is 16.1 Å². The average molecular weight is 246 g/mol. The van der Waals surface area contributed by atoms with Gasteiger partial charge < -0.3 is 9.66 Å². The zero-order valence-electron chi connectivity index (χ0n) is 8.94. The van der Waals surface area contributed by atoms with Crippen LogP contribution in [0.1, 0.15) is 38.5 Å². The number of carboxylic acid groups (broad SMARTS) is 1. The number of unbranched alkanes of at least 4 members (excludes halogenated alkanes) is 4. The molecule has 0 aliphatic carbocycles. The predicted octanol–water partition coefficient (Wildman–Crippen LogP) is -2.04. The SMILES string of the molecule is O=C(O)CCCCCCCS(=O)(=O)[O-].[Na+]. The molecule has 0 radical (unpaired) electrons. The van der Waals surface area contributed by atoms with Crippen molar-refractivity contribution in [2.75, 3.05) is 5.75 Å². The van der Waals surface area contributed by atoms with E-state index in [4.69, 9.17) is 5.11 Å². The van der Waals surface area contributed by atoms with Crippen molar-refractivity contribution in [3.05, 3.63) is 0 Å². The number of carboxylic acids is 1. The van der Waals surface area contributed by atoms with Crippen molar-refractivity contribution in [3.63, 3.8) is 0 Å². The molecule has 0 amide bonds. The minimum absolute atomic E-state index is 0. The maximum atomic E-state index is 10.2. The molecular weight excluding hydrogens is 231 g/mol. The molecule has 0 unspecified atom stereocenters. The summed E-state index contributed by atoms with van der Waals surface area (Å²) in [5.74, 6) is -1.13. The second kappa shape index (κ2) is 9.59. The molecule has 0 atom stereocenters. The Morgan fingerprint density at radius 1 is 1.07 bits per heavy atom. The van der Waals surface area contributed by atoms with E-state index >= 15 is 0 Å². The number of carbonyl (C=O) groups is 1. The van der Waals surface area contributed by atoms with E-state index in [2.05, 4.69) is 0 Å². The summed E-state index contributed by atoms with van der Waals surface area (Å²) in [7, 11) is -4.07. The van der Waals surface area contributed by atoms with Gasteiger partial charge in [0, 0.05) is 12.2 Å². The normalized spacial score (nSPS) is 10.7. The average Bonchev–Trinajstić information content (AvgIpc) is 2.00. The number of hydrogen-bond donors (Lipinski definition) is 1. The van der Waals surface area contributed by atoms with Crippen LogP contribution >= 0.6 is 0 Å². The Hall–Kier alpha value is 0.380. The third kappa shape index (κ3) is 17.0. The van der Waals surface area contributed by atoms with Crippen LogP contribution in [-0.4, -0.2) is 29.8 Å². The zero-order chi connectivity index (χ0) is 11.0. The van der Waals surface area contributed by atoms with Crippen LogP contribution in [0.5, 0.6) is 0 Å². The van der Waals surface area contributed by atoms with Crippen molar-refractivity contribution < 1.29 is 52.4 Å². The van der Waals surface area contributed by atoms with Crippen molar-refractivity contribution in [1.29, 1.82) is 0 Å². The Balaban J connectivity index is 0. The maximum Gasteiger partial charge on any atom is 1.00 e.